The van der Waals surface area contributed by atoms with E-state index in [0.717, 1.165) is 50.1 Å². The molecule has 8 heteroatoms. The minimum absolute atomic E-state index is 0.679. The first-order valence-corrected chi connectivity index (χ1v) is 8.96. The standard InChI is InChI=1S/C18H21N7O/c1-13-14(6-22-26-13)7-23-8-15-10-24(11-16(15)9-23)17-5-18(20-12-19-17)25-4-2-3-21-25/h2-6,12,15-16H,7-11H2,1H3. The fourth-order valence-corrected chi connectivity index (χ4v) is 4.16. The molecule has 3 aromatic rings. The summed E-state index contributed by atoms with van der Waals surface area (Å²) in [6, 6.07) is 3.92. The van der Waals surface area contributed by atoms with Crippen LogP contribution in [0, 0.1) is 18.8 Å². The molecule has 3 aromatic heterocycles. The maximum atomic E-state index is 5.18. The summed E-state index contributed by atoms with van der Waals surface area (Å²) in [7, 11) is 0. The first-order chi connectivity index (χ1) is 12.8. The van der Waals surface area contributed by atoms with Crippen LogP contribution in [0.2, 0.25) is 0 Å². The van der Waals surface area contributed by atoms with Gasteiger partial charge in [0.25, 0.3) is 0 Å². The third kappa shape index (κ3) is 2.76. The van der Waals surface area contributed by atoms with Gasteiger partial charge in [-0.2, -0.15) is 5.10 Å². The first-order valence-electron chi connectivity index (χ1n) is 8.96. The van der Waals surface area contributed by atoms with Crippen LogP contribution < -0.4 is 4.90 Å². The van der Waals surface area contributed by atoms with E-state index < -0.39 is 0 Å². The molecule has 2 aliphatic heterocycles. The second kappa shape index (κ2) is 6.21. The van der Waals surface area contributed by atoms with Gasteiger partial charge in [-0.1, -0.05) is 5.16 Å². The van der Waals surface area contributed by atoms with Crippen molar-refractivity contribution in [3.63, 3.8) is 0 Å². The van der Waals surface area contributed by atoms with Crippen LogP contribution in [-0.4, -0.2) is 56.0 Å². The van der Waals surface area contributed by atoms with Crippen molar-refractivity contribution >= 4 is 5.82 Å². The molecule has 0 bridgehead atoms. The molecular weight excluding hydrogens is 330 g/mol. The third-order valence-corrected chi connectivity index (χ3v) is 5.51. The van der Waals surface area contributed by atoms with E-state index in [1.54, 1.807) is 17.2 Å². The summed E-state index contributed by atoms with van der Waals surface area (Å²) in [4.78, 5) is 13.7. The molecule has 2 aliphatic rings. The van der Waals surface area contributed by atoms with Crippen molar-refractivity contribution in [3.05, 3.63) is 48.4 Å². The summed E-state index contributed by atoms with van der Waals surface area (Å²) in [5.41, 5.74) is 1.20. The van der Waals surface area contributed by atoms with Crippen molar-refractivity contribution in [3.8, 4) is 5.82 Å². The molecular formula is C18H21N7O. The predicted molar refractivity (Wildman–Crippen MR) is 94.9 cm³/mol. The fourth-order valence-electron chi connectivity index (χ4n) is 4.16. The van der Waals surface area contributed by atoms with Crippen molar-refractivity contribution in [1.82, 2.24) is 29.8 Å². The van der Waals surface area contributed by atoms with Crippen LogP contribution >= 0.6 is 0 Å². The van der Waals surface area contributed by atoms with E-state index in [-0.39, 0.29) is 0 Å². The molecule has 0 radical (unpaired) electrons. The van der Waals surface area contributed by atoms with E-state index in [4.69, 9.17) is 4.52 Å². The van der Waals surface area contributed by atoms with E-state index in [0.29, 0.717) is 11.8 Å². The van der Waals surface area contributed by atoms with Gasteiger partial charge in [-0.05, 0) is 24.8 Å². The number of rotatable bonds is 4. The molecule has 0 N–H and O–H groups in total. The normalized spacial score (nSPS) is 22.9. The average molecular weight is 351 g/mol. The Morgan fingerprint density at radius 2 is 1.92 bits per heavy atom. The van der Waals surface area contributed by atoms with E-state index >= 15 is 0 Å². The molecule has 5 rings (SSSR count). The number of aryl methyl sites for hydroxylation is 1. The van der Waals surface area contributed by atoms with Crippen LogP contribution in [0.1, 0.15) is 11.3 Å². The zero-order valence-electron chi connectivity index (χ0n) is 14.7. The minimum atomic E-state index is 0.679. The number of hydrogen-bond donors (Lipinski definition) is 0. The van der Waals surface area contributed by atoms with Gasteiger partial charge in [0.05, 0.1) is 6.20 Å². The van der Waals surface area contributed by atoms with E-state index in [1.165, 1.54) is 5.56 Å². The van der Waals surface area contributed by atoms with Crippen LogP contribution in [0.4, 0.5) is 5.82 Å². The Morgan fingerprint density at radius 1 is 1.12 bits per heavy atom. The summed E-state index contributed by atoms with van der Waals surface area (Å²) in [6.45, 7) is 7.22. The Kier molecular flexibility index (Phi) is 3.70. The van der Waals surface area contributed by atoms with Crippen molar-refractivity contribution in [2.45, 2.75) is 13.5 Å². The summed E-state index contributed by atoms with van der Waals surface area (Å²) in [5, 5.41) is 8.14. The second-order valence-electron chi connectivity index (χ2n) is 7.21. The molecule has 2 saturated heterocycles. The van der Waals surface area contributed by atoms with Crippen LogP contribution in [0.3, 0.4) is 0 Å². The van der Waals surface area contributed by atoms with Crippen molar-refractivity contribution in [2.75, 3.05) is 31.1 Å². The van der Waals surface area contributed by atoms with Crippen molar-refractivity contribution in [2.24, 2.45) is 11.8 Å². The maximum absolute atomic E-state index is 5.18. The molecule has 2 atom stereocenters. The Balaban J connectivity index is 1.26. The van der Waals surface area contributed by atoms with Gasteiger partial charge in [0.1, 0.15) is 17.9 Å². The first kappa shape index (κ1) is 15.5. The van der Waals surface area contributed by atoms with Gasteiger partial charge in [0.15, 0.2) is 5.82 Å². The second-order valence-corrected chi connectivity index (χ2v) is 7.21. The molecule has 134 valence electrons. The highest BCUT2D eigenvalue weighted by Gasteiger charge is 2.40. The van der Waals surface area contributed by atoms with Gasteiger partial charge in [-0.15, -0.1) is 0 Å². The monoisotopic (exact) mass is 351 g/mol. The minimum Gasteiger partial charge on any atom is -0.361 e. The largest absolute Gasteiger partial charge is 0.361 e. The van der Waals surface area contributed by atoms with E-state index in [2.05, 4.69) is 30.0 Å². The quantitative estimate of drug-likeness (QED) is 0.705. The van der Waals surface area contributed by atoms with Gasteiger partial charge in [0, 0.05) is 56.7 Å². The van der Waals surface area contributed by atoms with Crippen molar-refractivity contribution < 1.29 is 4.52 Å². The molecule has 0 aromatic carbocycles. The molecule has 0 spiro atoms. The summed E-state index contributed by atoms with van der Waals surface area (Å²) >= 11 is 0. The fraction of sp³-hybridized carbons (Fsp3) is 0.444. The molecule has 2 fully saturated rings. The topological polar surface area (TPSA) is 76.1 Å². The van der Waals surface area contributed by atoms with Gasteiger partial charge in [-0.25, -0.2) is 14.6 Å². The van der Waals surface area contributed by atoms with Gasteiger partial charge >= 0.3 is 0 Å². The summed E-state index contributed by atoms with van der Waals surface area (Å²) in [6.07, 6.45) is 7.12. The molecule has 2 unspecified atom stereocenters. The Bertz CT molecular complexity index is 877. The van der Waals surface area contributed by atoms with Crippen LogP contribution in [-0.2, 0) is 6.54 Å². The Labute approximate surface area is 151 Å². The van der Waals surface area contributed by atoms with E-state index in [1.807, 2.05) is 31.5 Å². The smallest absolute Gasteiger partial charge is 0.158 e. The molecule has 26 heavy (non-hydrogen) atoms. The maximum Gasteiger partial charge on any atom is 0.158 e. The molecule has 8 nitrogen and oxygen atoms in total. The van der Waals surface area contributed by atoms with Crippen LogP contribution in [0.5, 0.6) is 0 Å². The van der Waals surface area contributed by atoms with Gasteiger partial charge in [0.2, 0.25) is 0 Å². The average Bonchev–Trinajstić information content (AvgIpc) is 3.40. The molecule has 0 aliphatic carbocycles. The SMILES string of the molecule is Cc1oncc1CN1CC2CN(c3cc(-n4cccn4)ncn3)CC2C1. The highest BCUT2D eigenvalue weighted by Crippen LogP contribution is 2.34. The van der Waals surface area contributed by atoms with Gasteiger partial charge < -0.3 is 9.42 Å². The number of anilines is 1. The molecule has 5 heterocycles. The van der Waals surface area contributed by atoms with Crippen LogP contribution in [0.15, 0.2) is 41.6 Å². The number of fused-ring (bicyclic) bond motifs is 1. The number of likely N-dealkylation sites (tertiary alicyclic amines) is 1. The van der Waals surface area contributed by atoms with E-state index in [9.17, 15) is 0 Å². The highest BCUT2D eigenvalue weighted by atomic mass is 16.5. The molecule has 0 saturated carbocycles. The lowest BCUT2D eigenvalue weighted by Gasteiger charge is -2.22. The lowest BCUT2D eigenvalue weighted by molar-refractivity contribution is 0.305. The lowest BCUT2D eigenvalue weighted by Crippen LogP contribution is -2.29. The Hall–Kier alpha value is -2.74. The number of aromatic nitrogens is 5. The molecule has 0 amide bonds. The van der Waals surface area contributed by atoms with Gasteiger partial charge in [-0.3, -0.25) is 4.90 Å². The van der Waals surface area contributed by atoms with Crippen molar-refractivity contribution in [1.29, 1.82) is 0 Å². The number of hydrogen-bond acceptors (Lipinski definition) is 7. The zero-order chi connectivity index (χ0) is 17.5. The van der Waals surface area contributed by atoms with Crippen LogP contribution in [0.25, 0.3) is 5.82 Å². The highest BCUT2D eigenvalue weighted by molar-refractivity contribution is 5.44. The lowest BCUT2D eigenvalue weighted by atomic mass is 10.0. The third-order valence-electron chi connectivity index (χ3n) is 5.51. The Morgan fingerprint density at radius 3 is 2.62 bits per heavy atom. The zero-order valence-corrected chi connectivity index (χ0v) is 14.7. The number of nitrogens with zero attached hydrogens (tertiary/aromatic N) is 7. The summed E-state index contributed by atoms with van der Waals surface area (Å²) in [5.74, 6) is 4.08. The predicted octanol–water partition coefficient (Wildman–Crippen LogP) is 1.53. The summed E-state index contributed by atoms with van der Waals surface area (Å²) < 4.78 is 6.95.